The lowest BCUT2D eigenvalue weighted by atomic mass is 9.95. The van der Waals surface area contributed by atoms with E-state index in [4.69, 9.17) is 0 Å². The zero-order valence-electron chi connectivity index (χ0n) is 15.8. The van der Waals surface area contributed by atoms with Crippen LogP contribution in [0, 0.1) is 0 Å². The van der Waals surface area contributed by atoms with Crippen molar-refractivity contribution in [3.63, 3.8) is 0 Å². The van der Waals surface area contributed by atoms with Gasteiger partial charge in [0.1, 0.15) is 5.70 Å². The predicted octanol–water partition coefficient (Wildman–Crippen LogP) is 1.75. The molecule has 0 aliphatic heterocycles. The topological polar surface area (TPSA) is 52.6 Å². The lowest BCUT2D eigenvalue weighted by molar-refractivity contribution is -0.117. The highest BCUT2D eigenvalue weighted by Crippen LogP contribution is 2.18. The van der Waals surface area contributed by atoms with Crippen LogP contribution in [0.25, 0.3) is 11.3 Å². The molecule has 1 aromatic carbocycles. The van der Waals surface area contributed by atoms with Crippen LogP contribution in [0.15, 0.2) is 24.3 Å². The highest BCUT2D eigenvalue weighted by molar-refractivity contribution is 6.12. The molecule has 0 saturated heterocycles. The summed E-state index contributed by atoms with van der Waals surface area (Å²) >= 11 is 0. The minimum Gasteiger partial charge on any atom is -0.395 e. The number of rotatable bonds is 6. The molecule has 0 bridgehead atoms. The van der Waals surface area contributed by atoms with Crippen molar-refractivity contribution in [1.29, 1.82) is 0 Å². The van der Waals surface area contributed by atoms with Crippen molar-refractivity contribution < 1.29 is 9.90 Å². The van der Waals surface area contributed by atoms with Gasteiger partial charge < -0.3 is 15.3 Å². The van der Waals surface area contributed by atoms with Crippen LogP contribution in [-0.4, -0.2) is 42.2 Å². The van der Waals surface area contributed by atoms with Gasteiger partial charge in [0.05, 0.1) is 6.61 Å². The number of hydrogen-bond donors (Lipinski definition) is 2. The first-order valence-electron chi connectivity index (χ1n) is 9.50. The monoisotopic (exact) mass is 344 g/mol. The second-order valence-electron chi connectivity index (χ2n) is 6.98. The Kier molecular flexibility index (Phi) is 7.51. The number of nitrogens with zero attached hydrogens (tertiary/aromatic N) is 1. The largest absolute Gasteiger partial charge is 0.395 e. The number of carbonyl (C=O) groups is 1. The van der Waals surface area contributed by atoms with Gasteiger partial charge in [-0.3, -0.25) is 4.79 Å². The molecule has 1 aliphatic rings. The maximum atomic E-state index is 13.1. The average Bonchev–Trinajstić information content (AvgIpc) is 2.63. The average molecular weight is 344 g/mol. The molecule has 4 heteroatoms. The Hall–Kier alpha value is -1.81. The summed E-state index contributed by atoms with van der Waals surface area (Å²) in [5, 5.41) is 14.7. The van der Waals surface area contributed by atoms with Crippen molar-refractivity contribution in [1.82, 2.24) is 10.2 Å². The summed E-state index contributed by atoms with van der Waals surface area (Å²) in [6, 6.07) is 8.35. The molecule has 0 spiro atoms. The van der Waals surface area contributed by atoms with Crippen molar-refractivity contribution >= 4 is 17.2 Å². The third kappa shape index (κ3) is 5.08. The Labute approximate surface area is 151 Å². The fourth-order valence-electron chi connectivity index (χ4n) is 3.52. The minimum absolute atomic E-state index is 0.0232. The summed E-state index contributed by atoms with van der Waals surface area (Å²) in [5.41, 5.74) is 1.92. The predicted molar refractivity (Wildman–Crippen MR) is 103 cm³/mol. The van der Waals surface area contributed by atoms with Crippen molar-refractivity contribution in [3.8, 4) is 0 Å². The molecule has 0 aromatic heterocycles. The summed E-state index contributed by atoms with van der Waals surface area (Å²) in [5.74, 6) is -0.0285. The van der Waals surface area contributed by atoms with E-state index in [1.54, 1.807) is 0 Å². The van der Waals surface area contributed by atoms with Crippen LogP contribution in [0.1, 0.15) is 52.4 Å². The fourth-order valence-corrected chi connectivity index (χ4v) is 3.52. The van der Waals surface area contributed by atoms with Crippen molar-refractivity contribution in [2.75, 3.05) is 20.2 Å². The van der Waals surface area contributed by atoms with E-state index in [0.29, 0.717) is 12.2 Å². The van der Waals surface area contributed by atoms with E-state index in [9.17, 15) is 9.90 Å². The SMILES string of the molecule is CC/C(C)=c1/cccc/c1=C(\C(=O)NC1CCCCC1)N(C)CCO. The summed E-state index contributed by atoms with van der Waals surface area (Å²) in [6.45, 7) is 4.70. The zero-order chi connectivity index (χ0) is 18.2. The van der Waals surface area contributed by atoms with Gasteiger partial charge in [-0.15, -0.1) is 0 Å². The second-order valence-corrected chi connectivity index (χ2v) is 6.98. The first-order chi connectivity index (χ1) is 12.1. The molecule has 1 aliphatic carbocycles. The third-order valence-corrected chi connectivity index (χ3v) is 5.14. The van der Waals surface area contributed by atoms with Crippen LogP contribution in [0.4, 0.5) is 0 Å². The summed E-state index contributed by atoms with van der Waals surface area (Å²) < 4.78 is 0. The number of nitrogens with one attached hydrogen (secondary N) is 1. The van der Waals surface area contributed by atoms with Gasteiger partial charge in [-0.05, 0) is 31.4 Å². The molecule has 1 fully saturated rings. The molecule has 0 atom stereocenters. The lowest BCUT2D eigenvalue weighted by Crippen LogP contribution is -2.45. The van der Waals surface area contributed by atoms with E-state index >= 15 is 0 Å². The van der Waals surface area contributed by atoms with Crippen LogP contribution >= 0.6 is 0 Å². The van der Waals surface area contributed by atoms with E-state index in [1.165, 1.54) is 24.8 Å². The highest BCUT2D eigenvalue weighted by Gasteiger charge is 2.21. The summed E-state index contributed by atoms with van der Waals surface area (Å²) in [6.07, 6.45) is 6.70. The minimum atomic E-state index is -0.0285. The highest BCUT2D eigenvalue weighted by atomic mass is 16.3. The van der Waals surface area contributed by atoms with Gasteiger partial charge in [-0.2, -0.15) is 0 Å². The zero-order valence-corrected chi connectivity index (χ0v) is 15.8. The molecule has 0 unspecified atom stereocenters. The molecule has 1 saturated carbocycles. The quantitative estimate of drug-likeness (QED) is 0.827. The molecule has 4 nitrogen and oxygen atoms in total. The van der Waals surface area contributed by atoms with Gasteiger partial charge >= 0.3 is 0 Å². The third-order valence-electron chi connectivity index (χ3n) is 5.14. The van der Waals surface area contributed by atoms with E-state index in [0.717, 1.165) is 29.7 Å². The Balaban J connectivity index is 2.52. The normalized spacial score (nSPS) is 17.8. The number of amides is 1. The van der Waals surface area contributed by atoms with Gasteiger partial charge in [0.15, 0.2) is 0 Å². The number of hydrogen-bond acceptors (Lipinski definition) is 3. The van der Waals surface area contributed by atoms with E-state index in [-0.39, 0.29) is 18.6 Å². The van der Waals surface area contributed by atoms with E-state index in [1.807, 2.05) is 30.1 Å². The molecule has 2 rings (SSSR count). The smallest absolute Gasteiger partial charge is 0.268 e. The van der Waals surface area contributed by atoms with Crippen LogP contribution in [0.5, 0.6) is 0 Å². The number of carbonyl (C=O) groups excluding carboxylic acids is 1. The molecule has 0 heterocycles. The van der Waals surface area contributed by atoms with Gasteiger partial charge in [-0.25, -0.2) is 0 Å². The number of benzene rings is 1. The van der Waals surface area contributed by atoms with Crippen molar-refractivity contribution in [2.45, 2.75) is 58.4 Å². The Morgan fingerprint density at radius 3 is 2.44 bits per heavy atom. The van der Waals surface area contributed by atoms with Crippen molar-refractivity contribution in [2.24, 2.45) is 0 Å². The summed E-state index contributed by atoms with van der Waals surface area (Å²) in [4.78, 5) is 15.0. The second kappa shape index (κ2) is 9.62. The molecule has 2 N–H and O–H groups in total. The molecule has 138 valence electrons. The van der Waals surface area contributed by atoms with Gasteiger partial charge in [0.25, 0.3) is 5.91 Å². The fraction of sp³-hybridized carbons (Fsp3) is 0.571. The first-order valence-corrected chi connectivity index (χ1v) is 9.50. The standard InChI is InChI=1S/C21H32N2O2/c1-4-16(2)18-12-8-9-13-19(18)20(23(3)14-15-24)21(25)22-17-10-6-5-7-11-17/h8-9,12-13,17,24H,4-7,10-11,14-15H2,1-3H3,(H,22,25)/b18-16-,20-19-. The Morgan fingerprint density at radius 2 is 1.84 bits per heavy atom. The molecular formula is C21H32N2O2. The van der Waals surface area contributed by atoms with Crippen molar-refractivity contribution in [3.05, 3.63) is 34.7 Å². The molecule has 1 aromatic rings. The van der Waals surface area contributed by atoms with Crippen LogP contribution in [0.2, 0.25) is 0 Å². The molecule has 25 heavy (non-hydrogen) atoms. The molecule has 1 amide bonds. The lowest BCUT2D eigenvalue weighted by Gasteiger charge is -2.27. The number of aliphatic hydroxyl groups is 1. The van der Waals surface area contributed by atoms with Crippen LogP contribution in [-0.2, 0) is 4.79 Å². The van der Waals surface area contributed by atoms with Gasteiger partial charge in [-0.1, -0.05) is 56.0 Å². The Bertz CT molecular complexity index is 690. The van der Waals surface area contributed by atoms with E-state index in [2.05, 4.69) is 25.2 Å². The van der Waals surface area contributed by atoms with Crippen LogP contribution < -0.4 is 15.8 Å². The summed E-state index contributed by atoms with van der Waals surface area (Å²) in [7, 11) is 1.88. The maximum absolute atomic E-state index is 13.1. The Morgan fingerprint density at radius 1 is 1.20 bits per heavy atom. The van der Waals surface area contributed by atoms with E-state index < -0.39 is 0 Å². The number of aliphatic hydroxyl groups excluding tert-OH is 1. The first kappa shape index (κ1) is 19.5. The maximum Gasteiger partial charge on any atom is 0.268 e. The molecular weight excluding hydrogens is 312 g/mol. The van der Waals surface area contributed by atoms with Gasteiger partial charge in [0, 0.05) is 24.9 Å². The molecule has 0 radical (unpaired) electrons. The number of likely N-dealkylation sites (N-methyl/N-ethyl adjacent to an activating group) is 1. The van der Waals surface area contributed by atoms with Gasteiger partial charge in [0.2, 0.25) is 0 Å². The van der Waals surface area contributed by atoms with Crippen LogP contribution in [0.3, 0.4) is 0 Å².